The number of halogens is 2. The zero-order valence-electron chi connectivity index (χ0n) is 18.4. The van der Waals surface area contributed by atoms with Gasteiger partial charge in [-0.15, -0.1) is 0 Å². The number of carbonyl (C=O) groups excluding carboxylic acids is 1. The zero-order valence-corrected chi connectivity index (χ0v) is 20.7. The third kappa shape index (κ3) is 6.07. The fraction of sp³-hybridized carbons (Fsp3) is 0.167. The van der Waals surface area contributed by atoms with E-state index >= 15 is 0 Å². The maximum absolute atomic E-state index is 13.5. The zero-order chi connectivity index (χ0) is 24.9. The molecule has 34 heavy (non-hydrogen) atoms. The predicted octanol–water partition coefficient (Wildman–Crippen LogP) is 4.94. The summed E-state index contributed by atoms with van der Waals surface area (Å²) in [6.07, 6.45) is 1.29. The van der Waals surface area contributed by atoms with E-state index in [9.17, 15) is 18.5 Å². The molecule has 7 nitrogen and oxygen atoms in total. The molecule has 0 fully saturated rings. The third-order valence-electron chi connectivity index (χ3n) is 4.91. The summed E-state index contributed by atoms with van der Waals surface area (Å²) in [6.45, 7) is 1.73. The Kier molecular flexibility index (Phi) is 8.18. The number of benzene rings is 2. The molecule has 0 spiro atoms. The molecule has 0 aliphatic carbocycles. The normalized spacial score (nSPS) is 11.9. The number of aryl methyl sites for hydroxylation is 1. The number of carbonyl (C=O) groups is 1. The van der Waals surface area contributed by atoms with Crippen molar-refractivity contribution in [1.29, 1.82) is 5.26 Å². The van der Waals surface area contributed by atoms with Gasteiger partial charge in [-0.2, -0.15) is 9.57 Å². The van der Waals surface area contributed by atoms with Gasteiger partial charge in [-0.1, -0.05) is 47.0 Å². The average Bonchev–Trinajstić information content (AvgIpc) is 3.25. The van der Waals surface area contributed by atoms with Crippen molar-refractivity contribution in [3.05, 3.63) is 92.9 Å². The SMILES string of the molecule is CNC(=O)/C(C#N)=C\c1ccc(CN(Cc2ccc(Cl)cc2Cl)S(=O)(=O)c2ccc(C)cc2)o1. The van der Waals surface area contributed by atoms with Crippen LogP contribution in [0.1, 0.15) is 22.6 Å². The van der Waals surface area contributed by atoms with Gasteiger partial charge in [0.2, 0.25) is 10.0 Å². The minimum absolute atomic E-state index is 0.0280. The van der Waals surface area contributed by atoms with Crippen LogP contribution in [0.25, 0.3) is 6.08 Å². The van der Waals surface area contributed by atoms with E-state index in [0.29, 0.717) is 21.4 Å². The molecule has 0 aliphatic heterocycles. The number of nitriles is 1. The lowest BCUT2D eigenvalue weighted by atomic mass is 10.2. The van der Waals surface area contributed by atoms with Crippen molar-refractivity contribution in [2.75, 3.05) is 7.05 Å². The van der Waals surface area contributed by atoms with Crippen molar-refractivity contribution in [2.24, 2.45) is 0 Å². The number of nitrogens with one attached hydrogen (secondary N) is 1. The summed E-state index contributed by atoms with van der Waals surface area (Å²) in [7, 11) is -2.51. The van der Waals surface area contributed by atoms with Crippen LogP contribution in [0.15, 0.2) is 69.5 Å². The van der Waals surface area contributed by atoms with Crippen molar-refractivity contribution in [3.63, 3.8) is 0 Å². The van der Waals surface area contributed by atoms with Gasteiger partial charge in [0.25, 0.3) is 5.91 Å². The Balaban J connectivity index is 1.97. The van der Waals surface area contributed by atoms with Crippen LogP contribution in [0.5, 0.6) is 0 Å². The first-order valence-corrected chi connectivity index (χ1v) is 12.3. The Morgan fingerprint density at radius 2 is 1.82 bits per heavy atom. The topological polar surface area (TPSA) is 103 Å². The van der Waals surface area contributed by atoms with Crippen molar-refractivity contribution >= 4 is 45.2 Å². The summed E-state index contributed by atoms with van der Waals surface area (Å²) in [5.41, 5.74) is 1.36. The van der Waals surface area contributed by atoms with Crippen LogP contribution in [0, 0.1) is 18.3 Å². The molecule has 1 amide bonds. The van der Waals surface area contributed by atoms with Crippen LogP contribution in [0.2, 0.25) is 10.0 Å². The van der Waals surface area contributed by atoms with Crippen LogP contribution in [-0.4, -0.2) is 25.7 Å². The van der Waals surface area contributed by atoms with Gasteiger partial charge < -0.3 is 9.73 Å². The molecule has 0 unspecified atom stereocenters. The van der Waals surface area contributed by atoms with Crippen molar-refractivity contribution in [3.8, 4) is 6.07 Å². The second-order valence-corrected chi connectivity index (χ2v) is 10.2. The Bertz CT molecular complexity index is 1370. The average molecular weight is 518 g/mol. The lowest BCUT2D eigenvalue weighted by molar-refractivity contribution is -0.116. The van der Waals surface area contributed by atoms with Gasteiger partial charge in [0.05, 0.1) is 11.4 Å². The summed E-state index contributed by atoms with van der Waals surface area (Å²) in [5.74, 6) is 0.00924. The van der Waals surface area contributed by atoms with Crippen molar-refractivity contribution < 1.29 is 17.6 Å². The molecule has 176 valence electrons. The number of likely N-dealkylation sites (N-methyl/N-ethyl adjacent to an activating group) is 1. The van der Waals surface area contributed by atoms with E-state index in [1.165, 1.54) is 17.4 Å². The Labute approximate surface area is 208 Å². The molecular weight excluding hydrogens is 497 g/mol. The molecule has 10 heteroatoms. The number of furan rings is 1. The summed E-state index contributed by atoms with van der Waals surface area (Å²) in [5, 5.41) is 12.3. The molecule has 1 aromatic heterocycles. The third-order valence-corrected chi connectivity index (χ3v) is 7.31. The molecule has 0 atom stereocenters. The first kappa shape index (κ1) is 25.5. The predicted molar refractivity (Wildman–Crippen MR) is 130 cm³/mol. The molecule has 0 radical (unpaired) electrons. The molecule has 3 aromatic rings. The van der Waals surface area contributed by atoms with Crippen molar-refractivity contribution in [1.82, 2.24) is 9.62 Å². The van der Waals surface area contributed by atoms with E-state index in [2.05, 4.69) is 5.32 Å². The van der Waals surface area contributed by atoms with Crippen LogP contribution in [0.3, 0.4) is 0 Å². The highest BCUT2D eigenvalue weighted by Gasteiger charge is 2.27. The summed E-state index contributed by atoms with van der Waals surface area (Å²) >= 11 is 12.3. The molecule has 1 heterocycles. The maximum atomic E-state index is 13.5. The van der Waals surface area contributed by atoms with E-state index in [-0.39, 0.29) is 29.3 Å². The highest BCUT2D eigenvalue weighted by Crippen LogP contribution is 2.27. The largest absolute Gasteiger partial charge is 0.460 e. The standard InChI is InChI=1S/C24H21Cl2N3O4S/c1-16-3-9-22(10-4-16)34(31,32)29(14-17-5-6-19(25)12-23(17)26)15-21-8-7-20(33-21)11-18(13-27)24(30)28-2/h3-12H,14-15H2,1-2H3,(H,28,30)/b18-11-. The molecule has 3 rings (SSSR count). The van der Waals surface area contributed by atoms with E-state index < -0.39 is 15.9 Å². The van der Waals surface area contributed by atoms with Gasteiger partial charge in [0.1, 0.15) is 23.2 Å². The van der Waals surface area contributed by atoms with Crippen LogP contribution in [-0.2, 0) is 27.9 Å². The lowest BCUT2D eigenvalue weighted by Crippen LogP contribution is -2.30. The Hall–Kier alpha value is -3.09. The smallest absolute Gasteiger partial charge is 0.261 e. The van der Waals surface area contributed by atoms with Gasteiger partial charge in [-0.25, -0.2) is 8.42 Å². The van der Waals surface area contributed by atoms with Gasteiger partial charge in [-0.3, -0.25) is 4.79 Å². The highest BCUT2D eigenvalue weighted by molar-refractivity contribution is 7.89. The number of rotatable bonds is 8. The highest BCUT2D eigenvalue weighted by atomic mass is 35.5. The molecule has 0 bridgehead atoms. The van der Waals surface area contributed by atoms with Crippen LogP contribution < -0.4 is 5.32 Å². The monoisotopic (exact) mass is 517 g/mol. The number of amides is 1. The number of sulfonamides is 1. The minimum Gasteiger partial charge on any atom is -0.460 e. The Morgan fingerprint density at radius 3 is 2.44 bits per heavy atom. The summed E-state index contributed by atoms with van der Waals surface area (Å²) < 4.78 is 33.9. The molecular formula is C24H21Cl2N3O4S. The van der Waals surface area contributed by atoms with Gasteiger partial charge in [0.15, 0.2) is 0 Å². The summed E-state index contributed by atoms with van der Waals surface area (Å²) in [4.78, 5) is 11.9. The first-order valence-electron chi connectivity index (χ1n) is 10.1. The molecule has 2 aromatic carbocycles. The first-order chi connectivity index (χ1) is 16.1. The number of hydrogen-bond acceptors (Lipinski definition) is 5. The maximum Gasteiger partial charge on any atom is 0.261 e. The molecule has 0 saturated heterocycles. The molecule has 1 N–H and O–H groups in total. The van der Waals surface area contributed by atoms with Gasteiger partial charge in [-0.05, 0) is 48.9 Å². The number of nitrogens with zero attached hydrogens (tertiary/aromatic N) is 2. The van der Waals surface area contributed by atoms with Gasteiger partial charge in [0, 0.05) is 29.7 Å². The molecule has 0 saturated carbocycles. The van der Waals surface area contributed by atoms with E-state index in [4.69, 9.17) is 27.6 Å². The Morgan fingerprint density at radius 1 is 1.12 bits per heavy atom. The molecule has 0 aliphatic rings. The second kappa shape index (κ2) is 10.9. The van der Waals surface area contributed by atoms with Crippen LogP contribution >= 0.6 is 23.2 Å². The van der Waals surface area contributed by atoms with Gasteiger partial charge >= 0.3 is 0 Å². The van der Waals surface area contributed by atoms with E-state index in [0.717, 1.165) is 5.56 Å². The second-order valence-electron chi connectivity index (χ2n) is 7.37. The fourth-order valence-electron chi connectivity index (χ4n) is 3.08. The quantitative estimate of drug-likeness (QED) is 0.336. The van der Waals surface area contributed by atoms with E-state index in [1.807, 2.05) is 6.92 Å². The fourth-order valence-corrected chi connectivity index (χ4v) is 4.93. The summed E-state index contributed by atoms with van der Waals surface area (Å²) in [6, 6.07) is 16.3. The number of hydrogen-bond donors (Lipinski definition) is 1. The van der Waals surface area contributed by atoms with Crippen LogP contribution in [0.4, 0.5) is 0 Å². The minimum atomic E-state index is -3.93. The lowest BCUT2D eigenvalue weighted by Gasteiger charge is -2.22. The van der Waals surface area contributed by atoms with Crippen molar-refractivity contribution in [2.45, 2.75) is 24.9 Å². The van der Waals surface area contributed by atoms with E-state index in [1.54, 1.807) is 60.7 Å².